The van der Waals surface area contributed by atoms with Crippen LogP contribution in [0.1, 0.15) is 12.0 Å². The van der Waals surface area contributed by atoms with E-state index >= 15 is 0 Å². The van der Waals surface area contributed by atoms with Crippen molar-refractivity contribution in [1.29, 1.82) is 0 Å². The highest BCUT2D eigenvalue weighted by molar-refractivity contribution is 5.99. The zero-order valence-electron chi connectivity index (χ0n) is 14.6. The summed E-state index contributed by atoms with van der Waals surface area (Å²) in [4.78, 5) is 24.4. The molecule has 0 spiro atoms. The van der Waals surface area contributed by atoms with Gasteiger partial charge in [-0.05, 0) is 30.3 Å². The second-order valence-corrected chi connectivity index (χ2v) is 5.75. The van der Waals surface area contributed by atoms with Crippen LogP contribution in [0.5, 0.6) is 17.2 Å². The van der Waals surface area contributed by atoms with E-state index in [1.807, 2.05) is 6.07 Å². The summed E-state index contributed by atoms with van der Waals surface area (Å²) in [5, 5.41) is 5.52. The fraction of sp³-hybridized carbons (Fsp3) is 0.263. The molecule has 1 heterocycles. The van der Waals surface area contributed by atoms with Crippen LogP contribution in [0, 0.1) is 0 Å². The van der Waals surface area contributed by atoms with Crippen molar-refractivity contribution >= 4 is 17.5 Å². The van der Waals surface area contributed by atoms with Crippen LogP contribution in [0.25, 0.3) is 0 Å². The highest BCUT2D eigenvalue weighted by Crippen LogP contribution is 2.29. The van der Waals surface area contributed by atoms with Gasteiger partial charge in [-0.25, -0.2) is 0 Å². The van der Waals surface area contributed by atoms with E-state index in [0.717, 1.165) is 5.56 Å². The first-order valence-corrected chi connectivity index (χ1v) is 8.15. The number of amides is 2. The Bertz CT molecular complexity index is 821. The molecule has 2 N–H and O–H groups in total. The Morgan fingerprint density at radius 1 is 1.19 bits per heavy atom. The number of rotatable bonds is 6. The molecular weight excluding hydrogens is 336 g/mol. The van der Waals surface area contributed by atoms with Gasteiger partial charge in [0.25, 0.3) is 5.91 Å². The van der Waals surface area contributed by atoms with Crippen molar-refractivity contribution in [1.82, 2.24) is 5.32 Å². The van der Waals surface area contributed by atoms with Crippen LogP contribution < -0.4 is 24.8 Å². The molecule has 2 amide bonds. The van der Waals surface area contributed by atoms with Gasteiger partial charge < -0.3 is 24.8 Å². The first-order valence-electron chi connectivity index (χ1n) is 8.15. The van der Waals surface area contributed by atoms with E-state index in [2.05, 4.69) is 10.6 Å². The number of hydrogen-bond acceptors (Lipinski definition) is 5. The largest absolute Gasteiger partial charge is 0.497 e. The third-order valence-corrected chi connectivity index (χ3v) is 4.04. The second kappa shape index (κ2) is 7.77. The maximum absolute atomic E-state index is 12.3. The lowest BCUT2D eigenvalue weighted by Gasteiger charge is -2.25. The Labute approximate surface area is 151 Å². The summed E-state index contributed by atoms with van der Waals surface area (Å²) in [5.74, 6) is 1.24. The molecule has 0 aromatic heterocycles. The molecule has 0 radical (unpaired) electrons. The van der Waals surface area contributed by atoms with Gasteiger partial charge in [0.15, 0.2) is 6.10 Å². The molecule has 1 aliphatic rings. The third-order valence-electron chi connectivity index (χ3n) is 4.04. The summed E-state index contributed by atoms with van der Waals surface area (Å²) in [6, 6.07) is 12.5. The molecule has 136 valence electrons. The maximum Gasteiger partial charge on any atom is 0.266 e. The Kier molecular flexibility index (Phi) is 5.26. The van der Waals surface area contributed by atoms with Crippen LogP contribution in [0.15, 0.2) is 42.5 Å². The molecule has 2 aromatic rings. The molecule has 0 fully saturated rings. The molecule has 1 atom stereocenters. The minimum atomic E-state index is -0.864. The van der Waals surface area contributed by atoms with Crippen molar-refractivity contribution in [3.63, 3.8) is 0 Å². The van der Waals surface area contributed by atoms with Gasteiger partial charge in [0.05, 0.1) is 26.3 Å². The topological polar surface area (TPSA) is 85.9 Å². The van der Waals surface area contributed by atoms with Crippen LogP contribution in [-0.2, 0) is 16.1 Å². The normalized spacial score (nSPS) is 15.3. The fourth-order valence-corrected chi connectivity index (χ4v) is 2.68. The molecule has 0 aliphatic carbocycles. The number of methoxy groups -OCH3 is 2. The monoisotopic (exact) mass is 356 g/mol. The van der Waals surface area contributed by atoms with Gasteiger partial charge in [0.1, 0.15) is 17.2 Å². The molecule has 26 heavy (non-hydrogen) atoms. The molecule has 7 nitrogen and oxygen atoms in total. The molecule has 1 aliphatic heterocycles. The van der Waals surface area contributed by atoms with Crippen molar-refractivity contribution in [2.75, 3.05) is 19.5 Å². The Morgan fingerprint density at radius 2 is 2.00 bits per heavy atom. The highest BCUT2D eigenvalue weighted by Gasteiger charge is 2.29. The summed E-state index contributed by atoms with van der Waals surface area (Å²) in [6.07, 6.45) is -0.941. The fourth-order valence-electron chi connectivity index (χ4n) is 2.68. The first kappa shape index (κ1) is 17.6. The lowest BCUT2D eigenvalue weighted by Crippen LogP contribution is -2.40. The summed E-state index contributed by atoms with van der Waals surface area (Å²) in [7, 11) is 3.13. The van der Waals surface area contributed by atoms with E-state index in [0.29, 0.717) is 22.9 Å². The van der Waals surface area contributed by atoms with Crippen LogP contribution in [-0.4, -0.2) is 32.1 Å². The number of ether oxygens (including phenoxy) is 3. The van der Waals surface area contributed by atoms with Gasteiger partial charge in [-0.2, -0.15) is 0 Å². The van der Waals surface area contributed by atoms with Gasteiger partial charge in [0.2, 0.25) is 5.91 Å². The van der Waals surface area contributed by atoms with Crippen molar-refractivity contribution in [3.05, 3.63) is 48.0 Å². The number of hydrogen-bond donors (Lipinski definition) is 2. The molecule has 3 rings (SSSR count). The van der Waals surface area contributed by atoms with Crippen molar-refractivity contribution in [2.45, 2.75) is 19.1 Å². The maximum atomic E-state index is 12.3. The van der Waals surface area contributed by atoms with E-state index in [9.17, 15) is 9.59 Å². The van der Waals surface area contributed by atoms with Crippen molar-refractivity contribution in [3.8, 4) is 17.2 Å². The lowest BCUT2D eigenvalue weighted by molar-refractivity contribution is -0.130. The number of carbonyl (C=O) groups excluding carboxylic acids is 2. The average molecular weight is 356 g/mol. The molecule has 7 heteroatoms. The second-order valence-electron chi connectivity index (χ2n) is 5.75. The van der Waals surface area contributed by atoms with E-state index in [-0.39, 0.29) is 24.8 Å². The average Bonchev–Trinajstić information content (AvgIpc) is 2.66. The SMILES string of the molecule is COc1ccc(OC)c(CNC(=O)C[C@H]2Oc3ccccc3NC2=O)c1. The summed E-state index contributed by atoms with van der Waals surface area (Å²) < 4.78 is 16.1. The number of anilines is 1. The van der Waals surface area contributed by atoms with Crippen LogP contribution in [0.4, 0.5) is 5.69 Å². The zero-order valence-corrected chi connectivity index (χ0v) is 14.6. The molecule has 0 unspecified atom stereocenters. The van der Waals surface area contributed by atoms with Crippen molar-refractivity contribution < 1.29 is 23.8 Å². The quantitative estimate of drug-likeness (QED) is 0.828. The predicted octanol–water partition coefficient (Wildman–Crippen LogP) is 2.11. The van der Waals surface area contributed by atoms with E-state index in [1.165, 1.54) is 0 Å². The Hall–Kier alpha value is -3.22. The Balaban J connectivity index is 1.61. The third kappa shape index (κ3) is 3.88. The summed E-state index contributed by atoms with van der Waals surface area (Å²) in [5.41, 5.74) is 1.38. The van der Waals surface area contributed by atoms with Crippen molar-refractivity contribution in [2.24, 2.45) is 0 Å². The number of nitrogens with one attached hydrogen (secondary N) is 2. The minimum Gasteiger partial charge on any atom is -0.497 e. The summed E-state index contributed by atoms with van der Waals surface area (Å²) in [6.45, 7) is 0.254. The van der Waals surface area contributed by atoms with E-state index < -0.39 is 6.10 Å². The standard InChI is InChI=1S/C19H20N2O5/c1-24-13-7-8-15(25-2)12(9-13)11-20-18(22)10-17-19(23)21-14-5-3-4-6-16(14)26-17/h3-9,17H,10-11H2,1-2H3,(H,20,22)(H,21,23)/t17-/m1/s1. The first-order chi connectivity index (χ1) is 12.6. The van der Waals surface area contributed by atoms with Gasteiger partial charge in [0, 0.05) is 12.1 Å². The molecule has 0 saturated carbocycles. The van der Waals surface area contributed by atoms with Gasteiger partial charge in [-0.15, -0.1) is 0 Å². The minimum absolute atomic E-state index is 0.0769. The number of benzene rings is 2. The van der Waals surface area contributed by atoms with Crippen LogP contribution in [0.2, 0.25) is 0 Å². The number of fused-ring (bicyclic) bond motifs is 1. The lowest BCUT2D eigenvalue weighted by atomic mass is 10.1. The van der Waals surface area contributed by atoms with Gasteiger partial charge in [-0.3, -0.25) is 9.59 Å². The number of para-hydroxylation sites is 2. The molecule has 0 saturated heterocycles. The summed E-state index contributed by atoms with van der Waals surface area (Å²) >= 11 is 0. The zero-order chi connectivity index (χ0) is 18.5. The predicted molar refractivity (Wildman–Crippen MR) is 95.5 cm³/mol. The highest BCUT2D eigenvalue weighted by atomic mass is 16.5. The molecular formula is C19H20N2O5. The van der Waals surface area contributed by atoms with E-state index in [1.54, 1.807) is 50.6 Å². The van der Waals surface area contributed by atoms with Gasteiger partial charge >= 0.3 is 0 Å². The van der Waals surface area contributed by atoms with Crippen LogP contribution >= 0.6 is 0 Å². The molecule has 0 bridgehead atoms. The molecule has 2 aromatic carbocycles. The smallest absolute Gasteiger partial charge is 0.266 e. The Morgan fingerprint density at radius 3 is 2.77 bits per heavy atom. The van der Waals surface area contributed by atoms with Crippen LogP contribution in [0.3, 0.4) is 0 Å². The number of carbonyl (C=O) groups is 2. The van der Waals surface area contributed by atoms with Gasteiger partial charge in [-0.1, -0.05) is 12.1 Å². The van der Waals surface area contributed by atoms with E-state index in [4.69, 9.17) is 14.2 Å².